The van der Waals surface area contributed by atoms with E-state index in [-0.39, 0.29) is 24.2 Å². The normalized spacial score (nSPS) is 19.4. The molecule has 11 rings (SSSR count). The second-order valence-corrected chi connectivity index (χ2v) is 25.1. The summed E-state index contributed by atoms with van der Waals surface area (Å²) < 4.78 is 22.2. The Morgan fingerprint density at radius 1 is 0.773 bits per heavy atom. The Morgan fingerprint density at radius 2 is 1.55 bits per heavy atom. The van der Waals surface area contributed by atoms with E-state index in [4.69, 9.17) is 9.72 Å². The molecule has 5 aliphatic heterocycles. The molecule has 6 aromatic rings. The Bertz CT molecular complexity index is 3270. The van der Waals surface area contributed by atoms with Gasteiger partial charge in [-0.15, -0.1) is 0 Å². The molecule has 1 unspecified atom stereocenters. The number of anilines is 6. The molecule has 1 atom stereocenters. The van der Waals surface area contributed by atoms with E-state index in [2.05, 4.69) is 68.8 Å². The summed E-state index contributed by atoms with van der Waals surface area (Å²) in [6, 6.07) is 25.2. The molecule has 7 heterocycles. The number of imide groups is 2. The third-order valence-corrected chi connectivity index (χ3v) is 18.0. The first-order valence-electron chi connectivity index (χ1n) is 25.8. The average molecular weight is 1100 g/mol. The topological polar surface area (TPSA) is 187 Å². The summed E-state index contributed by atoms with van der Waals surface area (Å²) >= 11 is 3.64. The molecular formula is C56H61BrN11O6P. The number of aromatic nitrogens is 4. The van der Waals surface area contributed by atoms with Gasteiger partial charge in [0.1, 0.15) is 24.8 Å². The van der Waals surface area contributed by atoms with Crippen LogP contribution >= 0.6 is 23.1 Å². The highest BCUT2D eigenvalue weighted by Gasteiger charge is 2.46. The zero-order chi connectivity index (χ0) is 52.2. The van der Waals surface area contributed by atoms with Crippen molar-refractivity contribution in [2.75, 3.05) is 80.1 Å². The summed E-state index contributed by atoms with van der Waals surface area (Å²) in [7, 11) is 0.877. The van der Waals surface area contributed by atoms with Crippen molar-refractivity contribution in [1.29, 1.82) is 0 Å². The lowest BCUT2D eigenvalue weighted by molar-refractivity contribution is -0.136. The fourth-order valence-corrected chi connectivity index (χ4v) is 13.3. The number of methoxy groups -OCH3 is 1. The number of likely N-dealkylation sites (tertiary alicyclic amines) is 1. The van der Waals surface area contributed by atoms with E-state index in [9.17, 15) is 23.7 Å². The van der Waals surface area contributed by atoms with E-state index in [1.54, 1.807) is 32.7 Å². The largest absolute Gasteiger partial charge is 0.494 e. The minimum atomic E-state index is -2.72. The summed E-state index contributed by atoms with van der Waals surface area (Å²) in [5.74, 6) is -0.432. The molecule has 4 aromatic carbocycles. The molecule has 1 spiro atoms. The van der Waals surface area contributed by atoms with Gasteiger partial charge >= 0.3 is 0 Å². The van der Waals surface area contributed by atoms with Crippen molar-refractivity contribution < 1.29 is 28.5 Å². The fraction of sp³-hybridized carbons (Fsp3) is 0.375. The Balaban J connectivity index is 0.755. The van der Waals surface area contributed by atoms with E-state index >= 15 is 0 Å². The van der Waals surface area contributed by atoms with Crippen LogP contribution in [-0.4, -0.2) is 125 Å². The zero-order valence-corrected chi connectivity index (χ0v) is 45.1. The van der Waals surface area contributed by atoms with E-state index < -0.39 is 30.9 Å². The lowest BCUT2D eigenvalue weighted by Gasteiger charge is -2.50. The van der Waals surface area contributed by atoms with Gasteiger partial charge in [0.25, 0.3) is 11.8 Å². The molecule has 0 radical (unpaired) electrons. The van der Waals surface area contributed by atoms with Crippen LogP contribution in [-0.2, 0) is 21.2 Å². The predicted molar refractivity (Wildman–Crippen MR) is 295 cm³/mol. The van der Waals surface area contributed by atoms with Crippen molar-refractivity contribution >= 4 is 86.5 Å². The molecule has 4 fully saturated rings. The molecule has 4 amide bonds. The summed E-state index contributed by atoms with van der Waals surface area (Å²) in [5, 5.41) is 14.4. The maximum atomic E-state index is 13.7. The van der Waals surface area contributed by atoms with Crippen LogP contribution in [0, 0.1) is 5.41 Å². The smallest absolute Gasteiger partial charge is 0.262 e. The van der Waals surface area contributed by atoms with Crippen LogP contribution in [0.2, 0.25) is 0 Å². The van der Waals surface area contributed by atoms with E-state index in [0.29, 0.717) is 50.5 Å². The first-order valence-corrected chi connectivity index (χ1v) is 29.2. The Morgan fingerprint density at radius 3 is 2.27 bits per heavy atom. The number of carbonyl (C=O) groups excluding carboxylic acids is 4. The van der Waals surface area contributed by atoms with Crippen molar-refractivity contribution in [2.24, 2.45) is 12.5 Å². The maximum absolute atomic E-state index is 13.7. The van der Waals surface area contributed by atoms with Gasteiger partial charge in [0.05, 0.1) is 40.3 Å². The number of fused-ring (bicyclic) bond motifs is 1. The lowest BCUT2D eigenvalue weighted by Crippen LogP contribution is -2.54. The monoisotopic (exact) mass is 1090 g/mol. The first kappa shape index (κ1) is 50.3. The molecule has 0 aliphatic carbocycles. The lowest BCUT2D eigenvalue weighted by atomic mass is 9.72. The number of halogens is 1. The molecule has 17 nitrogen and oxygen atoms in total. The Hall–Kier alpha value is -6.88. The highest BCUT2D eigenvalue weighted by Crippen LogP contribution is 2.46. The highest BCUT2D eigenvalue weighted by molar-refractivity contribution is 9.10. The number of hydrogen-bond donors (Lipinski definition) is 3. The summed E-state index contributed by atoms with van der Waals surface area (Å²) in [4.78, 5) is 69.6. The number of benzene rings is 4. The number of amides is 4. The molecule has 0 saturated carbocycles. The minimum absolute atomic E-state index is 0.0886. The number of nitrogens with one attached hydrogen (secondary N) is 3. The summed E-state index contributed by atoms with van der Waals surface area (Å²) in [5.41, 5.74) is 8.20. The highest BCUT2D eigenvalue weighted by atomic mass is 79.9. The summed E-state index contributed by atoms with van der Waals surface area (Å²) in [6.07, 6.45) is 12.3. The Labute approximate surface area is 444 Å². The van der Waals surface area contributed by atoms with Crippen LogP contribution in [0.15, 0.2) is 102 Å². The quantitative estimate of drug-likeness (QED) is 0.0780. The summed E-state index contributed by atoms with van der Waals surface area (Å²) in [6.45, 7) is 9.13. The molecule has 3 N–H and O–H groups in total. The van der Waals surface area contributed by atoms with Crippen molar-refractivity contribution in [3.8, 4) is 28.0 Å². The maximum Gasteiger partial charge on any atom is 0.262 e. The van der Waals surface area contributed by atoms with E-state index in [1.165, 1.54) is 0 Å². The van der Waals surface area contributed by atoms with E-state index in [0.717, 1.165) is 122 Å². The van der Waals surface area contributed by atoms with E-state index in [1.807, 2.05) is 84.8 Å². The average Bonchev–Trinajstić information content (AvgIpc) is 3.96. The molecule has 0 bridgehead atoms. The molecule has 19 heteroatoms. The van der Waals surface area contributed by atoms with Crippen LogP contribution in [0.4, 0.5) is 34.5 Å². The number of piperidine rings is 4. The van der Waals surface area contributed by atoms with Gasteiger partial charge < -0.3 is 34.6 Å². The SMILES string of the molecule is COc1cc(N2CCC(N3CCC4(CCCN(c5ccc6c(c5)C(=O)N(C5CCC(=O)NC5=O)C6=O)C4)CC3)CC2)c(-c2cnn(C)c2)cc1Nc1ncc(Br)c(Nc2ccc(-c3ccccc3)cc2P(C)(C)=O)n1. The van der Waals surface area contributed by atoms with Crippen LogP contribution in [0.25, 0.3) is 22.3 Å². The van der Waals surface area contributed by atoms with Gasteiger partial charge in [-0.3, -0.25) is 34.1 Å². The van der Waals surface area contributed by atoms with Gasteiger partial charge in [-0.1, -0.05) is 36.4 Å². The molecule has 75 heavy (non-hydrogen) atoms. The number of aryl methyl sites for hydroxylation is 1. The number of hydrogen-bond acceptors (Lipinski definition) is 14. The first-order chi connectivity index (χ1) is 36.1. The second-order valence-electron chi connectivity index (χ2n) is 21.0. The fourth-order valence-electron chi connectivity index (χ4n) is 11.9. The molecule has 2 aromatic heterocycles. The van der Waals surface area contributed by atoms with Crippen LogP contribution in [0.1, 0.15) is 72.1 Å². The van der Waals surface area contributed by atoms with Gasteiger partial charge in [0, 0.05) is 92.0 Å². The minimum Gasteiger partial charge on any atom is -0.494 e. The van der Waals surface area contributed by atoms with Crippen LogP contribution < -0.4 is 35.8 Å². The van der Waals surface area contributed by atoms with Crippen molar-refractivity contribution in [1.82, 2.24) is 34.9 Å². The molecule has 388 valence electrons. The number of ether oxygens (including phenoxy) is 1. The molecular weight excluding hydrogens is 1030 g/mol. The van der Waals surface area contributed by atoms with Crippen molar-refractivity contribution in [2.45, 2.75) is 63.5 Å². The van der Waals surface area contributed by atoms with Crippen molar-refractivity contribution in [3.63, 3.8) is 0 Å². The standard InChI is InChI=1S/C56H61BrN11O6P/c1-64-33-37(31-59-64)41-29-45(61-55-58-32-43(57)51(63-55)60-44-14-11-36(27-49(44)75(3,4)73)35-9-6-5-7-10-35)48(74-2)30-47(41)66-23-17-38(18-24-66)65-25-20-56(21-26-65)19-8-22-67(34-56)39-12-13-40-42(28-39)54(72)68(53(40)71)46-15-16-50(69)62-52(46)70/h5-7,9-14,27-33,38,46H,8,15-26,34H2,1-4H3,(H,62,69,70)(H2,58,60,61,63). The van der Waals surface area contributed by atoms with Crippen LogP contribution in [0.3, 0.4) is 0 Å². The second kappa shape index (κ2) is 20.3. The number of carbonyl (C=O) groups is 4. The third kappa shape index (κ3) is 10.1. The number of rotatable bonds is 12. The Kier molecular flexibility index (Phi) is 13.6. The third-order valence-electron chi connectivity index (χ3n) is 15.9. The predicted octanol–water partition coefficient (Wildman–Crippen LogP) is 8.80. The van der Waals surface area contributed by atoms with Gasteiger partial charge in [0.15, 0.2) is 0 Å². The van der Waals surface area contributed by atoms with Crippen LogP contribution in [0.5, 0.6) is 5.75 Å². The zero-order valence-electron chi connectivity index (χ0n) is 42.6. The van der Waals surface area contributed by atoms with Gasteiger partial charge in [-0.25, -0.2) is 4.98 Å². The van der Waals surface area contributed by atoms with Crippen molar-refractivity contribution in [3.05, 3.63) is 113 Å². The van der Waals surface area contributed by atoms with Gasteiger partial charge in [-0.05, 0) is 140 Å². The van der Waals surface area contributed by atoms with Gasteiger partial charge in [-0.2, -0.15) is 10.1 Å². The molecule has 4 saturated heterocycles. The number of nitrogens with zero attached hydrogens (tertiary/aromatic N) is 8. The molecule has 5 aliphatic rings. The van der Waals surface area contributed by atoms with Gasteiger partial charge in [0.2, 0.25) is 17.8 Å².